The molecule has 0 unspecified atom stereocenters. The fraction of sp³-hybridized carbons (Fsp3) is 0.462. The summed E-state index contributed by atoms with van der Waals surface area (Å²) in [7, 11) is 0. The third-order valence-electron chi connectivity index (χ3n) is 3.09. The monoisotopic (exact) mass is 249 g/mol. The van der Waals surface area contributed by atoms with Gasteiger partial charge in [0.1, 0.15) is 5.69 Å². The second-order valence-corrected chi connectivity index (χ2v) is 4.16. The van der Waals surface area contributed by atoms with Crippen molar-refractivity contribution in [3.8, 4) is 0 Å². The maximum Gasteiger partial charge on any atom is 0.267 e. The number of carbonyl (C=O) groups excluding carboxylic acids is 1. The molecule has 2 rings (SSSR count). The van der Waals surface area contributed by atoms with E-state index in [-0.39, 0.29) is 5.91 Å². The van der Waals surface area contributed by atoms with Crippen molar-refractivity contribution in [2.75, 3.05) is 26.2 Å². The number of rotatable bonds is 6. The van der Waals surface area contributed by atoms with Gasteiger partial charge in [0.05, 0.1) is 11.8 Å². The Morgan fingerprint density at radius 3 is 2.89 bits per heavy atom. The van der Waals surface area contributed by atoms with Gasteiger partial charge in [-0.05, 0) is 13.1 Å². The van der Waals surface area contributed by atoms with Crippen LogP contribution in [0.4, 0.5) is 0 Å². The number of H-pyrrole nitrogens is 1. The predicted molar refractivity (Wildman–Crippen MR) is 70.7 cm³/mol. The Bertz CT molecular complexity index is 483. The molecule has 0 aliphatic rings. The zero-order valence-electron chi connectivity index (χ0n) is 10.8. The number of amides is 1. The van der Waals surface area contributed by atoms with E-state index in [0.29, 0.717) is 17.8 Å². The molecule has 1 amide bonds. The summed E-state index contributed by atoms with van der Waals surface area (Å²) in [4.78, 5) is 17.2. The van der Waals surface area contributed by atoms with Gasteiger partial charge >= 0.3 is 0 Å². The predicted octanol–water partition coefficient (Wildman–Crippen LogP) is 1.83. The number of aromatic amines is 1. The van der Waals surface area contributed by atoms with E-state index >= 15 is 0 Å². The molecule has 5 nitrogen and oxygen atoms in total. The van der Waals surface area contributed by atoms with Gasteiger partial charge in [0.25, 0.3) is 5.91 Å². The van der Waals surface area contributed by atoms with Crippen LogP contribution in [0.5, 0.6) is 0 Å². The van der Waals surface area contributed by atoms with E-state index in [0.717, 1.165) is 25.2 Å². The lowest BCUT2D eigenvalue weighted by Gasteiger charge is -2.17. The van der Waals surface area contributed by atoms with Gasteiger partial charge in [0, 0.05) is 25.2 Å². The Hall–Kier alpha value is -1.75. The lowest BCUT2D eigenvalue weighted by Crippen LogP contribution is -2.34. The van der Waals surface area contributed by atoms with E-state index in [1.807, 2.05) is 6.07 Å². The van der Waals surface area contributed by atoms with Crippen molar-refractivity contribution < 1.29 is 9.21 Å². The van der Waals surface area contributed by atoms with E-state index < -0.39 is 0 Å². The molecule has 18 heavy (non-hydrogen) atoms. The average Bonchev–Trinajstić information content (AvgIpc) is 2.95. The number of furan rings is 1. The molecule has 0 fully saturated rings. The molecule has 0 radical (unpaired) electrons. The number of carbonyl (C=O) groups is 1. The maximum atomic E-state index is 11.9. The fourth-order valence-corrected chi connectivity index (χ4v) is 1.93. The number of hydrogen-bond acceptors (Lipinski definition) is 3. The summed E-state index contributed by atoms with van der Waals surface area (Å²) in [6, 6.07) is 3.53. The van der Waals surface area contributed by atoms with E-state index in [1.165, 1.54) is 0 Å². The minimum atomic E-state index is -0.0893. The average molecular weight is 249 g/mol. The lowest BCUT2D eigenvalue weighted by atomic mass is 10.4. The molecule has 2 heterocycles. The summed E-state index contributed by atoms with van der Waals surface area (Å²) < 4.78 is 5.21. The van der Waals surface area contributed by atoms with Crippen LogP contribution in [0.25, 0.3) is 11.1 Å². The topological polar surface area (TPSA) is 61.3 Å². The van der Waals surface area contributed by atoms with E-state index in [2.05, 4.69) is 29.0 Å². The van der Waals surface area contributed by atoms with Crippen molar-refractivity contribution in [3.63, 3.8) is 0 Å². The number of likely N-dealkylation sites (N-methyl/N-ethyl adjacent to an activating group) is 1. The van der Waals surface area contributed by atoms with Crippen molar-refractivity contribution in [2.24, 2.45) is 0 Å². The van der Waals surface area contributed by atoms with E-state index in [1.54, 1.807) is 12.3 Å². The van der Waals surface area contributed by atoms with Gasteiger partial charge in [-0.1, -0.05) is 13.8 Å². The Kier molecular flexibility index (Phi) is 4.04. The molecule has 2 N–H and O–H groups in total. The van der Waals surface area contributed by atoms with Crippen LogP contribution in [0.2, 0.25) is 0 Å². The Labute approximate surface area is 106 Å². The van der Waals surface area contributed by atoms with Gasteiger partial charge in [-0.2, -0.15) is 0 Å². The number of hydrogen-bond donors (Lipinski definition) is 2. The highest BCUT2D eigenvalue weighted by molar-refractivity contribution is 5.96. The van der Waals surface area contributed by atoms with Gasteiger partial charge < -0.3 is 19.6 Å². The second kappa shape index (κ2) is 5.73. The smallest absolute Gasteiger partial charge is 0.267 e. The van der Waals surface area contributed by atoms with Crippen LogP contribution in [0.15, 0.2) is 22.8 Å². The standard InChI is InChI=1S/C13H19N3O2/c1-3-16(4-2)7-6-14-13(17)11-9-12-10(15-11)5-8-18-12/h5,8-9,15H,3-4,6-7H2,1-2H3,(H,14,17). The molecule has 98 valence electrons. The van der Waals surface area contributed by atoms with Crippen molar-refractivity contribution in [1.29, 1.82) is 0 Å². The van der Waals surface area contributed by atoms with Crippen molar-refractivity contribution in [2.45, 2.75) is 13.8 Å². The molecule has 0 atom stereocenters. The van der Waals surface area contributed by atoms with Crippen LogP contribution in [0.1, 0.15) is 24.3 Å². The van der Waals surface area contributed by atoms with Crippen LogP contribution < -0.4 is 5.32 Å². The maximum absolute atomic E-state index is 11.9. The molecule has 0 saturated carbocycles. The van der Waals surface area contributed by atoms with Crippen molar-refractivity contribution >= 4 is 17.0 Å². The number of nitrogens with zero attached hydrogens (tertiary/aromatic N) is 1. The molecule has 5 heteroatoms. The molecule has 0 spiro atoms. The van der Waals surface area contributed by atoms with Crippen LogP contribution in [-0.2, 0) is 0 Å². The first-order chi connectivity index (χ1) is 8.74. The summed E-state index contributed by atoms with van der Waals surface area (Å²) in [5, 5.41) is 2.90. The minimum absolute atomic E-state index is 0.0893. The molecule has 0 aliphatic carbocycles. The molecule has 0 aliphatic heterocycles. The van der Waals surface area contributed by atoms with E-state index in [4.69, 9.17) is 4.42 Å². The molecule has 0 bridgehead atoms. The normalized spacial score (nSPS) is 11.3. The van der Waals surface area contributed by atoms with E-state index in [9.17, 15) is 4.79 Å². The van der Waals surface area contributed by atoms with Gasteiger partial charge in [-0.25, -0.2) is 0 Å². The first-order valence-electron chi connectivity index (χ1n) is 6.31. The van der Waals surface area contributed by atoms with Gasteiger partial charge in [0.15, 0.2) is 5.58 Å². The third kappa shape index (κ3) is 2.73. The van der Waals surface area contributed by atoms with Crippen molar-refractivity contribution in [1.82, 2.24) is 15.2 Å². The number of nitrogens with one attached hydrogen (secondary N) is 2. The summed E-state index contributed by atoms with van der Waals surface area (Å²) in [5.41, 5.74) is 2.11. The second-order valence-electron chi connectivity index (χ2n) is 4.16. The minimum Gasteiger partial charge on any atom is -0.463 e. The molecule has 0 aromatic carbocycles. The van der Waals surface area contributed by atoms with Gasteiger partial charge in [-0.15, -0.1) is 0 Å². The highest BCUT2D eigenvalue weighted by Crippen LogP contribution is 2.15. The number of fused-ring (bicyclic) bond motifs is 1. The van der Waals surface area contributed by atoms with Crippen LogP contribution in [-0.4, -0.2) is 42.0 Å². The summed E-state index contributed by atoms with van der Waals surface area (Å²) in [5.74, 6) is -0.0893. The zero-order valence-corrected chi connectivity index (χ0v) is 10.8. The third-order valence-corrected chi connectivity index (χ3v) is 3.09. The van der Waals surface area contributed by atoms with Crippen LogP contribution >= 0.6 is 0 Å². The highest BCUT2D eigenvalue weighted by Gasteiger charge is 2.10. The van der Waals surface area contributed by atoms with Gasteiger partial charge in [0.2, 0.25) is 0 Å². The number of aromatic nitrogens is 1. The van der Waals surface area contributed by atoms with Gasteiger partial charge in [-0.3, -0.25) is 4.79 Å². The Morgan fingerprint density at radius 2 is 2.22 bits per heavy atom. The Balaban J connectivity index is 1.86. The van der Waals surface area contributed by atoms with Crippen molar-refractivity contribution in [3.05, 3.63) is 24.1 Å². The fourth-order valence-electron chi connectivity index (χ4n) is 1.93. The molecular weight excluding hydrogens is 230 g/mol. The van der Waals surface area contributed by atoms with Crippen LogP contribution in [0.3, 0.4) is 0 Å². The Morgan fingerprint density at radius 1 is 1.44 bits per heavy atom. The first kappa shape index (κ1) is 12.7. The highest BCUT2D eigenvalue weighted by atomic mass is 16.3. The SMILES string of the molecule is CCN(CC)CCNC(=O)c1cc2occc2[nH]1. The molecule has 0 saturated heterocycles. The molecule has 2 aromatic rings. The summed E-state index contributed by atoms with van der Waals surface area (Å²) >= 11 is 0. The zero-order chi connectivity index (χ0) is 13.0. The summed E-state index contributed by atoms with van der Waals surface area (Å²) in [6.07, 6.45) is 1.60. The lowest BCUT2D eigenvalue weighted by molar-refractivity contribution is 0.0944. The molecular formula is C13H19N3O2. The largest absolute Gasteiger partial charge is 0.463 e. The first-order valence-corrected chi connectivity index (χ1v) is 6.31. The van der Waals surface area contributed by atoms with Crippen LogP contribution in [0, 0.1) is 0 Å². The quantitative estimate of drug-likeness (QED) is 0.821. The molecule has 2 aromatic heterocycles. The summed E-state index contributed by atoms with van der Waals surface area (Å²) in [6.45, 7) is 7.76.